The molecule has 0 amide bonds. The molecule has 6 nitrogen and oxygen atoms in total. The molecule has 0 aromatic carbocycles. The lowest BCUT2D eigenvalue weighted by Crippen LogP contribution is -2.35. The van der Waals surface area contributed by atoms with Gasteiger partial charge < -0.3 is 10.2 Å². The zero-order chi connectivity index (χ0) is 16.0. The molecule has 0 radical (unpaired) electrons. The van der Waals surface area contributed by atoms with Gasteiger partial charge in [0, 0.05) is 19.2 Å². The Bertz CT molecular complexity index is 494. The van der Waals surface area contributed by atoms with Gasteiger partial charge in [0.05, 0.1) is 4.92 Å². The molecule has 0 saturated carbocycles. The number of aromatic nitrogens is 1. The Hall–Kier alpha value is -2.06. The van der Waals surface area contributed by atoms with Crippen LogP contribution in [-0.4, -0.2) is 35.7 Å². The number of hydrogen-bond donors (Lipinski definition) is 1. The van der Waals surface area contributed by atoms with E-state index in [0.717, 1.165) is 11.3 Å². The van der Waals surface area contributed by atoms with Crippen LogP contribution in [0.15, 0.2) is 12.1 Å². The monoisotopic (exact) mass is 306 g/mol. The second-order valence-electron chi connectivity index (χ2n) is 4.35. The molecular weight excluding hydrogens is 289 g/mol. The average molecular weight is 306 g/mol. The topological polar surface area (TPSA) is 71.3 Å². The molecule has 0 saturated heterocycles. The predicted molar refractivity (Wildman–Crippen MR) is 73.6 cm³/mol. The summed E-state index contributed by atoms with van der Waals surface area (Å²) in [5, 5.41) is 13.9. The van der Waals surface area contributed by atoms with Gasteiger partial charge in [0.1, 0.15) is 12.4 Å². The maximum atomic E-state index is 12.6. The summed E-state index contributed by atoms with van der Waals surface area (Å²) in [4.78, 5) is 15.0. The number of nitrogens with one attached hydrogen (secondary N) is 1. The highest BCUT2D eigenvalue weighted by atomic mass is 19.4. The number of halogens is 3. The third kappa shape index (κ3) is 5.09. The third-order valence-electron chi connectivity index (χ3n) is 2.66. The summed E-state index contributed by atoms with van der Waals surface area (Å²) in [7, 11) is 0. The van der Waals surface area contributed by atoms with Gasteiger partial charge in [-0.2, -0.15) is 13.2 Å². The number of pyridine rings is 1. The van der Waals surface area contributed by atoms with E-state index in [2.05, 4.69) is 10.3 Å². The summed E-state index contributed by atoms with van der Waals surface area (Å²) < 4.78 is 37.7. The SMILES string of the molecule is CCCNc1ccc([N+](=O)[O-])c(N(CC)CC(F)(F)F)n1. The van der Waals surface area contributed by atoms with Crippen LogP contribution in [0.2, 0.25) is 0 Å². The molecule has 1 heterocycles. The molecule has 0 aliphatic carbocycles. The zero-order valence-electron chi connectivity index (χ0n) is 11.8. The molecule has 1 aromatic heterocycles. The Labute approximate surface area is 120 Å². The standard InChI is InChI=1S/C12H17F3N4O2/c1-3-7-16-10-6-5-9(19(20)21)11(17-10)18(4-2)8-12(13,14)15/h5-6H,3-4,7-8H2,1-2H3,(H,16,17). The molecule has 0 spiro atoms. The Morgan fingerprint density at radius 2 is 2.05 bits per heavy atom. The summed E-state index contributed by atoms with van der Waals surface area (Å²) in [5.74, 6) is 0.0407. The third-order valence-corrected chi connectivity index (χ3v) is 2.66. The summed E-state index contributed by atoms with van der Waals surface area (Å²) in [6.45, 7) is 2.67. The normalized spacial score (nSPS) is 11.3. The van der Waals surface area contributed by atoms with Gasteiger partial charge in [-0.1, -0.05) is 6.92 Å². The number of nitro groups is 1. The van der Waals surface area contributed by atoms with Crippen molar-refractivity contribution in [3.63, 3.8) is 0 Å². The van der Waals surface area contributed by atoms with E-state index in [1.165, 1.54) is 19.1 Å². The fourth-order valence-corrected chi connectivity index (χ4v) is 1.72. The van der Waals surface area contributed by atoms with E-state index < -0.39 is 23.3 Å². The first-order valence-corrected chi connectivity index (χ1v) is 6.49. The van der Waals surface area contributed by atoms with Crippen LogP contribution in [0.1, 0.15) is 20.3 Å². The van der Waals surface area contributed by atoms with E-state index in [9.17, 15) is 23.3 Å². The number of nitrogens with zero attached hydrogens (tertiary/aromatic N) is 3. The number of hydrogen-bond acceptors (Lipinski definition) is 5. The molecule has 1 N–H and O–H groups in total. The van der Waals surface area contributed by atoms with Gasteiger partial charge in [0.15, 0.2) is 0 Å². The van der Waals surface area contributed by atoms with Crippen LogP contribution in [0.5, 0.6) is 0 Å². The molecule has 9 heteroatoms. The molecule has 118 valence electrons. The van der Waals surface area contributed by atoms with E-state index in [0.29, 0.717) is 12.4 Å². The Morgan fingerprint density at radius 1 is 1.38 bits per heavy atom. The van der Waals surface area contributed by atoms with Crippen molar-refractivity contribution in [3.05, 3.63) is 22.2 Å². The van der Waals surface area contributed by atoms with Crippen molar-refractivity contribution in [1.82, 2.24) is 4.98 Å². The fourth-order valence-electron chi connectivity index (χ4n) is 1.72. The molecule has 0 aliphatic heterocycles. The minimum absolute atomic E-state index is 0.0371. The molecule has 1 aromatic rings. The average Bonchev–Trinajstić information content (AvgIpc) is 2.41. The van der Waals surface area contributed by atoms with Crippen molar-refractivity contribution >= 4 is 17.3 Å². The van der Waals surface area contributed by atoms with Crippen molar-refractivity contribution in [2.75, 3.05) is 29.9 Å². The van der Waals surface area contributed by atoms with E-state index in [1.807, 2.05) is 6.92 Å². The van der Waals surface area contributed by atoms with Crippen LogP contribution in [0.25, 0.3) is 0 Å². The highest BCUT2D eigenvalue weighted by Gasteiger charge is 2.33. The van der Waals surface area contributed by atoms with Gasteiger partial charge in [-0.05, 0) is 19.4 Å². The van der Waals surface area contributed by atoms with E-state index in [-0.39, 0.29) is 12.4 Å². The Kier molecular flexibility index (Phi) is 5.74. The van der Waals surface area contributed by atoms with Crippen molar-refractivity contribution in [2.24, 2.45) is 0 Å². The van der Waals surface area contributed by atoms with Gasteiger partial charge in [-0.25, -0.2) is 4.98 Å². The molecule has 0 aliphatic rings. The van der Waals surface area contributed by atoms with Crippen LogP contribution in [0, 0.1) is 10.1 Å². The van der Waals surface area contributed by atoms with Crippen LogP contribution < -0.4 is 10.2 Å². The maximum Gasteiger partial charge on any atom is 0.405 e. The number of rotatable bonds is 7. The molecule has 0 bridgehead atoms. The molecule has 0 fully saturated rings. The largest absolute Gasteiger partial charge is 0.405 e. The summed E-state index contributed by atoms with van der Waals surface area (Å²) >= 11 is 0. The minimum Gasteiger partial charge on any atom is -0.370 e. The minimum atomic E-state index is -4.46. The van der Waals surface area contributed by atoms with Gasteiger partial charge in [0.25, 0.3) is 0 Å². The quantitative estimate of drug-likeness (QED) is 0.618. The fraction of sp³-hybridized carbons (Fsp3) is 0.583. The first-order valence-electron chi connectivity index (χ1n) is 6.49. The van der Waals surface area contributed by atoms with Crippen LogP contribution >= 0.6 is 0 Å². The molecular formula is C12H17F3N4O2. The summed E-state index contributed by atoms with van der Waals surface area (Å²) in [5.41, 5.74) is -0.442. The van der Waals surface area contributed by atoms with Crippen molar-refractivity contribution < 1.29 is 18.1 Å². The van der Waals surface area contributed by atoms with E-state index in [4.69, 9.17) is 0 Å². The van der Waals surface area contributed by atoms with Gasteiger partial charge in [0.2, 0.25) is 5.82 Å². The molecule has 0 unspecified atom stereocenters. The zero-order valence-corrected chi connectivity index (χ0v) is 11.8. The van der Waals surface area contributed by atoms with Crippen LogP contribution in [0.3, 0.4) is 0 Å². The highest BCUT2D eigenvalue weighted by Crippen LogP contribution is 2.30. The maximum absolute atomic E-state index is 12.6. The second-order valence-corrected chi connectivity index (χ2v) is 4.35. The summed E-state index contributed by atoms with van der Waals surface area (Å²) in [6.07, 6.45) is -3.66. The molecule has 21 heavy (non-hydrogen) atoms. The predicted octanol–water partition coefficient (Wildman–Crippen LogP) is 3.20. The van der Waals surface area contributed by atoms with Crippen LogP contribution in [0.4, 0.5) is 30.5 Å². The van der Waals surface area contributed by atoms with Crippen molar-refractivity contribution in [2.45, 2.75) is 26.4 Å². The van der Waals surface area contributed by atoms with E-state index in [1.54, 1.807) is 0 Å². The lowest BCUT2D eigenvalue weighted by Gasteiger charge is -2.23. The Morgan fingerprint density at radius 3 is 2.52 bits per heavy atom. The van der Waals surface area contributed by atoms with Gasteiger partial charge in [-0.15, -0.1) is 0 Å². The van der Waals surface area contributed by atoms with E-state index >= 15 is 0 Å². The molecule has 0 atom stereocenters. The van der Waals surface area contributed by atoms with Gasteiger partial charge in [-0.3, -0.25) is 10.1 Å². The first kappa shape index (κ1) is 17.0. The van der Waals surface area contributed by atoms with Crippen LogP contribution in [-0.2, 0) is 0 Å². The number of anilines is 2. The van der Waals surface area contributed by atoms with Crippen molar-refractivity contribution in [3.8, 4) is 0 Å². The Balaban J connectivity index is 3.17. The lowest BCUT2D eigenvalue weighted by atomic mass is 10.3. The second kappa shape index (κ2) is 7.09. The highest BCUT2D eigenvalue weighted by molar-refractivity contribution is 5.61. The van der Waals surface area contributed by atoms with Crippen molar-refractivity contribution in [1.29, 1.82) is 0 Å². The first-order chi connectivity index (χ1) is 9.78. The lowest BCUT2D eigenvalue weighted by molar-refractivity contribution is -0.384. The molecule has 1 rings (SSSR count). The smallest absolute Gasteiger partial charge is 0.370 e. The number of alkyl halides is 3. The van der Waals surface area contributed by atoms with Gasteiger partial charge >= 0.3 is 11.9 Å². The summed E-state index contributed by atoms with van der Waals surface area (Å²) in [6, 6.07) is 2.55.